The van der Waals surface area contributed by atoms with Crippen molar-refractivity contribution in [3.05, 3.63) is 16.5 Å². The average molecular weight is 279 g/mol. The molecule has 0 amide bonds. The van der Waals surface area contributed by atoms with Crippen LogP contribution in [0.1, 0.15) is 12.8 Å². The van der Waals surface area contributed by atoms with E-state index in [1.165, 1.54) is 16.4 Å². The third-order valence-corrected chi connectivity index (χ3v) is 6.06. The number of sulfonamides is 1. The summed E-state index contributed by atoms with van der Waals surface area (Å²) in [6, 6.07) is 2.35. The number of thiophene rings is 1. The van der Waals surface area contributed by atoms with E-state index >= 15 is 0 Å². The molecule has 7 heteroatoms. The standard InChI is InChI=1S/C9H9ClNO3S2/c10-8-3-4-9(15-8)16(13,14)11-5-1-2-7(11)6-12/h3-4,7H,1-2,5H2/t7-/m0/s1. The van der Waals surface area contributed by atoms with E-state index in [-0.39, 0.29) is 4.21 Å². The Hall–Kier alpha value is -0.430. The van der Waals surface area contributed by atoms with Gasteiger partial charge in [0.2, 0.25) is 6.29 Å². The van der Waals surface area contributed by atoms with E-state index in [4.69, 9.17) is 11.6 Å². The molecule has 2 heterocycles. The molecule has 1 aliphatic rings. The largest absolute Gasteiger partial charge is 0.289 e. The highest BCUT2D eigenvalue weighted by molar-refractivity contribution is 7.91. The Morgan fingerprint density at radius 2 is 2.25 bits per heavy atom. The van der Waals surface area contributed by atoms with Crippen molar-refractivity contribution in [1.82, 2.24) is 4.31 Å². The fourth-order valence-corrected chi connectivity index (χ4v) is 4.91. The van der Waals surface area contributed by atoms with Gasteiger partial charge in [0.05, 0.1) is 10.4 Å². The molecule has 1 aromatic rings. The van der Waals surface area contributed by atoms with E-state index in [0.717, 1.165) is 11.3 Å². The fraction of sp³-hybridized carbons (Fsp3) is 0.444. The molecule has 1 atom stereocenters. The van der Waals surface area contributed by atoms with Gasteiger partial charge in [0.1, 0.15) is 4.21 Å². The monoisotopic (exact) mass is 278 g/mol. The van der Waals surface area contributed by atoms with Crippen molar-refractivity contribution in [2.45, 2.75) is 23.1 Å². The van der Waals surface area contributed by atoms with Crippen molar-refractivity contribution in [2.75, 3.05) is 6.54 Å². The second-order valence-corrected chi connectivity index (χ2v) is 7.28. The number of rotatable bonds is 3. The lowest BCUT2D eigenvalue weighted by atomic mass is 10.2. The van der Waals surface area contributed by atoms with Gasteiger partial charge >= 0.3 is 0 Å². The first-order chi connectivity index (χ1) is 7.55. The van der Waals surface area contributed by atoms with Gasteiger partial charge in [-0.25, -0.2) is 8.42 Å². The molecule has 0 spiro atoms. The van der Waals surface area contributed by atoms with Crippen LogP contribution in [0.3, 0.4) is 0 Å². The summed E-state index contributed by atoms with van der Waals surface area (Å²) in [4.78, 5) is 10.6. The molecule has 1 aliphatic heterocycles. The number of nitrogens with zero attached hydrogens (tertiary/aromatic N) is 1. The summed E-state index contributed by atoms with van der Waals surface area (Å²) >= 11 is 6.70. The molecule has 1 radical (unpaired) electrons. The molecule has 1 aromatic heterocycles. The van der Waals surface area contributed by atoms with Gasteiger partial charge < -0.3 is 0 Å². The van der Waals surface area contributed by atoms with Gasteiger partial charge in [0.25, 0.3) is 10.0 Å². The fourth-order valence-electron chi connectivity index (χ4n) is 1.70. The normalized spacial score (nSPS) is 22.4. The van der Waals surface area contributed by atoms with Gasteiger partial charge in [-0.15, -0.1) is 11.3 Å². The van der Waals surface area contributed by atoms with E-state index in [2.05, 4.69) is 0 Å². The maximum Gasteiger partial charge on any atom is 0.253 e. The van der Waals surface area contributed by atoms with Crippen LogP contribution in [0, 0.1) is 0 Å². The molecule has 0 aromatic carbocycles. The third kappa shape index (κ3) is 2.02. The maximum absolute atomic E-state index is 12.1. The van der Waals surface area contributed by atoms with Crippen LogP contribution in [0.4, 0.5) is 0 Å². The molecule has 1 saturated heterocycles. The summed E-state index contributed by atoms with van der Waals surface area (Å²) < 4.78 is 26.0. The van der Waals surface area contributed by atoms with E-state index in [1.54, 1.807) is 6.29 Å². The van der Waals surface area contributed by atoms with Crippen molar-refractivity contribution in [1.29, 1.82) is 0 Å². The zero-order valence-corrected chi connectivity index (χ0v) is 10.6. The van der Waals surface area contributed by atoms with Crippen LogP contribution < -0.4 is 0 Å². The van der Waals surface area contributed by atoms with Gasteiger partial charge in [-0.3, -0.25) is 4.79 Å². The van der Waals surface area contributed by atoms with Gasteiger partial charge in [-0.1, -0.05) is 11.6 Å². The summed E-state index contributed by atoms with van der Waals surface area (Å²) in [5.74, 6) is 0. The summed E-state index contributed by atoms with van der Waals surface area (Å²) in [6.07, 6.45) is 3.00. The highest BCUT2D eigenvalue weighted by Crippen LogP contribution is 2.31. The smallest absolute Gasteiger partial charge is 0.253 e. The van der Waals surface area contributed by atoms with Crippen LogP contribution in [0.25, 0.3) is 0 Å². The molecular formula is C9H9ClNO3S2. The molecule has 0 bridgehead atoms. The molecular weight excluding hydrogens is 270 g/mol. The van der Waals surface area contributed by atoms with Crippen LogP contribution in [-0.2, 0) is 14.8 Å². The predicted molar refractivity (Wildman–Crippen MR) is 61.9 cm³/mol. The Morgan fingerprint density at radius 3 is 2.81 bits per heavy atom. The van der Waals surface area contributed by atoms with Crippen LogP contribution in [-0.4, -0.2) is 31.6 Å². The minimum absolute atomic E-state index is 0.180. The molecule has 4 nitrogen and oxygen atoms in total. The third-order valence-electron chi connectivity index (χ3n) is 2.45. The van der Waals surface area contributed by atoms with Gasteiger partial charge in [0, 0.05) is 6.54 Å². The van der Waals surface area contributed by atoms with E-state index < -0.39 is 16.1 Å². The predicted octanol–water partition coefficient (Wildman–Crippen LogP) is 1.66. The van der Waals surface area contributed by atoms with Crippen molar-refractivity contribution in [3.63, 3.8) is 0 Å². The molecule has 87 valence electrons. The van der Waals surface area contributed by atoms with Crippen LogP contribution in [0.2, 0.25) is 4.34 Å². The lowest BCUT2D eigenvalue weighted by Gasteiger charge is -2.17. The lowest BCUT2D eigenvalue weighted by Crippen LogP contribution is -2.35. The minimum Gasteiger partial charge on any atom is -0.289 e. The zero-order chi connectivity index (χ0) is 11.8. The molecule has 16 heavy (non-hydrogen) atoms. The molecule has 1 fully saturated rings. The first kappa shape index (κ1) is 12.0. The summed E-state index contributed by atoms with van der Waals surface area (Å²) in [7, 11) is -3.57. The number of hydrogen-bond donors (Lipinski definition) is 0. The lowest BCUT2D eigenvalue weighted by molar-refractivity contribution is 0.428. The van der Waals surface area contributed by atoms with Crippen LogP contribution >= 0.6 is 22.9 Å². The molecule has 0 saturated carbocycles. The Bertz CT molecular complexity index is 497. The van der Waals surface area contributed by atoms with Crippen LogP contribution in [0.5, 0.6) is 0 Å². The number of hydrogen-bond acceptors (Lipinski definition) is 4. The summed E-state index contributed by atoms with van der Waals surface area (Å²) in [5.41, 5.74) is 0. The second-order valence-electron chi connectivity index (χ2n) is 3.45. The SMILES string of the molecule is O=[C][C@@H]1CCCN1S(=O)(=O)c1ccc(Cl)s1. The Balaban J connectivity index is 2.35. The van der Waals surface area contributed by atoms with Gasteiger partial charge in [-0.05, 0) is 25.0 Å². The molecule has 0 unspecified atom stereocenters. The van der Waals surface area contributed by atoms with Crippen molar-refractivity contribution in [2.24, 2.45) is 0 Å². The molecule has 2 rings (SSSR count). The number of carbonyl (C=O) groups excluding carboxylic acids is 1. The van der Waals surface area contributed by atoms with E-state index in [1.807, 2.05) is 0 Å². The van der Waals surface area contributed by atoms with Gasteiger partial charge in [-0.2, -0.15) is 4.31 Å². The van der Waals surface area contributed by atoms with E-state index in [0.29, 0.717) is 23.7 Å². The molecule has 0 aliphatic carbocycles. The molecule has 0 N–H and O–H groups in total. The number of halogens is 1. The first-order valence-corrected chi connectivity index (χ1v) is 7.34. The highest BCUT2D eigenvalue weighted by Gasteiger charge is 2.36. The Morgan fingerprint density at radius 1 is 1.50 bits per heavy atom. The average Bonchev–Trinajstić information content (AvgIpc) is 2.85. The minimum atomic E-state index is -3.57. The topological polar surface area (TPSA) is 54.5 Å². The maximum atomic E-state index is 12.1. The summed E-state index contributed by atoms with van der Waals surface area (Å²) in [5, 5.41) is 0. The van der Waals surface area contributed by atoms with Crippen molar-refractivity contribution in [3.8, 4) is 0 Å². The Labute approximate surface area is 103 Å². The first-order valence-electron chi connectivity index (χ1n) is 4.70. The quantitative estimate of drug-likeness (QED) is 0.845. The van der Waals surface area contributed by atoms with Crippen molar-refractivity contribution < 1.29 is 13.2 Å². The van der Waals surface area contributed by atoms with Crippen molar-refractivity contribution >= 4 is 39.2 Å². The summed E-state index contributed by atoms with van der Waals surface area (Å²) in [6.45, 7) is 0.373. The van der Waals surface area contributed by atoms with Gasteiger partial charge in [0.15, 0.2) is 0 Å². The Kier molecular flexibility index (Phi) is 3.34. The van der Waals surface area contributed by atoms with E-state index in [9.17, 15) is 13.2 Å². The zero-order valence-electron chi connectivity index (χ0n) is 8.22. The highest BCUT2D eigenvalue weighted by atomic mass is 35.5. The van der Waals surface area contributed by atoms with Crippen LogP contribution in [0.15, 0.2) is 16.3 Å². The second kappa shape index (κ2) is 4.44.